The van der Waals surface area contributed by atoms with Crippen molar-refractivity contribution in [2.75, 3.05) is 7.05 Å². The van der Waals surface area contributed by atoms with Crippen molar-refractivity contribution in [2.24, 2.45) is 0 Å². The Morgan fingerprint density at radius 1 is 1.15 bits per heavy atom. The standard InChI is InChI=1S/C17H25NO2/c1-18-15-10-7-12-11-13(8-9-14(12)15)20-17-6-4-2-3-5-16(17)19/h8-9,11,15-19H,2-7,10H2,1H3. The second kappa shape index (κ2) is 6.15. The zero-order chi connectivity index (χ0) is 13.9. The van der Waals surface area contributed by atoms with Gasteiger partial charge in [-0.3, -0.25) is 0 Å². The molecule has 0 saturated heterocycles. The van der Waals surface area contributed by atoms with Crippen molar-refractivity contribution in [2.45, 2.75) is 63.2 Å². The third-order valence-corrected chi connectivity index (χ3v) is 4.75. The first-order valence-corrected chi connectivity index (χ1v) is 7.93. The molecule has 0 amide bonds. The Balaban J connectivity index is 1.72. The van der Waals surface area contributed by atoms with E-state index in [1.165, 1.54) is 24.0 Å². The van der Waals surface area contributed by atoms with Crippen molar-refractivity contribution in [3.63, 3.8) is 0 Å². The van der Waals surface area contributed by atoms with E-state index in [9.17, 15) is 5.11 Å². The highest BCUT2D eigenvalue weighted by atomic mass is 16.5. The number of hydrogen-bond acceptors (Lipinski definition) is 3. The first-order valence-electron chi connectivity index (χ1n) is 7.93. The predicted molar refractivity (Wildman–Crippen MR) is 80.1 cm³/mol. The number of ether oxygens (including phenoxy) is 1. The Hall–Kier alpha value is -1.06. The molecule has 0 bridgehead atoms. The predicted octanol–water partition coefficient (Wildman–Crippen LogP) is 2.97. The lowest BCUT2D eigenvalue weighted by atomic mass is 10.1. The van der Waals surface area contributed by atoms with E-state index < -0.39 is 0 Å². The summed E-state index contributed by atoms with van der Waals surface area (Å²) < 4.78 is 6.07. The molecule has 0 aromatic heterocycles. The van der Waals surface area contributed by atoms with Crippen LogP contribution in [0.1, 0.15) is 55.7 Å². The van der Waals surface area contributed by atoms with Gasteiger partial charge >= 0.3 is 0 Å². The summed E-state index contributed by atoms with van der Waals surface area (Å²) in [5, 5.41) is 13.5. The minimum Gasteiger partial charge on any atom is -0.488 e. The molecule has 3 rings (SSSR count). The Bertz CT molecular complexity index is 460. The Kier molecular flexibility index (Phi) is 4.27. The lowest BCUT2D eigenvalue weighted by molar-refractivity contribution is 0.0319. The van der Waals surface area contributed by atoms with Crippen LogP contribution in [0.25, 0.3) is 0 Å². The average Bonchev–Trinajstić information content (AvgIpc) is 2.76. The number of aryl methyl sites for hydroxylation is 1. The summed E-state index contributed by atoms with van der Waals surface area (Å²) in [5.41, 5.74) is 2.80. The second-order valence-electron chi connectivity index (χ2n) is 6.10. The molecule has 110 valence electrons. The van der Waals surface area contributed by atoms with E-state index in [4.69, 9.17) is 4.74 Å². The quantitative estimate of drug-likeness (QED) is 0.833. The van der Waals surface area contributed by atoms with Gasteiger partial charge < -0.3 is 15.2 Å². The van der Waals surface area contributed by atoms with Crippen LogP contribution in [0.4, 0.5) is 0 Å². The van der Waals surface area contributed by atoms with Gasteiger partial charge in [0.2, 0.25) is 0 Å². The van der Waals surface area contributed by atoms with Crippen LogP contribution in [0.5, 0.6) is 5.75 Å². The van der Waals surface area contributed by atoms with Gasteiger partial charge in [-0.15, -0.1) is 0 Å². The first kappa shape index (κ1) is 13.9. The summed E-state index contributed by atoms with van der Waals surface area (Å²) >= 11 is 0. The molecule has 20 heavy (non-hydrogen) atoms. The highest BCUT2D eigenvalue weighted by Crippen LogP contribution is 2.34. The van der Waals surface area contributed by atoms with Crippen LogP contribution in [0, 0.1) is 0 Å². The van der Waals surface area contributed by atoms with Crippen LogP contribution in [0.15, 0.2) is 18.2 Å². The topological polar surface area (TPSA) is 41.5 Å². The molecule has 1 aromatic rings. The van der Waals surface area contributed by atoms with Crippen molar-refractivity contribution in [3.8, 4) is 5.75 Å². The number of aliphatic hydroxyl groups is 1. The number of hydrogen-bond donors (Lipinski definition) is 2. The van der Waals surface area contributed by atoms with Gasteiger partial charge in [-0.05, 0) is 62.4 Å². The SMILES string of the molecule is CNC1CCc2cc(OC3CCCCCC3O)ccc21. The van der Waals surface area contributed by atoms with E-state index in [0.29, 0.717) is 6.04 Å². The van der Waals surface area contributed by atoms with E-state index in [1.54, 1.807) is 0 Å². The van der Waals surface area contributed by atoms with Crippen LogP contribution in [-0.4, -0.2) is 24.4 Å². The van der Waals surface area contributed by atoms with Crippen molar-refractivity contribution in [1.29, 1.82) is 0 Å². The number of benzene rings is 1. The maximum absolute atomic E-state index is 10.1. The van der Waals surface area contributed by atoms with Gasteiger partial charge in [0.05, 0.1) is 6.10 Å². The summed E-state index contributed by atoms with van der Waals surface area (Å²) in [6, 6.07) is 6.90. The summed E-state index contributed by atoms with van der Waals surface area (Å²) in [7, 11) is 2.02. The highest BCUT2D eigenvalue weighted by molar-refractivity contribution is 5.40. The lowest BCUT2D eigenvalue weighted by Gasteiger charge is -2.22. The maximum atomic E-state index is 10.1. The third kappa shape index (κ3) is 2.84. The zero-order valence-electron chi connectivity index (χ0n) is 12.3. The fourth-order valence-corrected chi connectivity index (χ4v) is 3.53. The number of fused-ring (bicyclic) bond motifs is 1. The molecule has 0 spiro atoms. The molecule has 1 saturated carbocycles. The Labute approximate surface area is 121 Å². The van der Waals surface area contributed by atoms with Crippen LogP contribution < -0.4 is 10.1 Å². The Morgan fingerprint density at radius 2 is 2.00 bits per heavy atom. The molecule has 0 radical (unpaired) electrons. The third-order valence-electron chi connectivity index (χ3n) is 4.75. The van der Waals surface area contributed by atoms with Gasteiger partial charge in [0.1, 0.15) is 11.9 Å². The van der Waals surface area contributed by atoms with E-state index in [-0.39, 0.29) is 12.2 Å². The van der Waals surface area contributed by atoms with E-state index in [1.807, 2.05) is 7.05 Å². The summed E-state index contributed by atoms with van der Waals surface area (Å²) in [4.78, 5) is 0. The van der Waals surface area contributed by atoms with Crippen molar-refractivity contribution < 1.29 is 9.84 Å². The maximum Gasteiger partial charge on any atom is 0.124 e. The summed E-state index contributed by atoms with van der Waals surface area (Å²) in [6.07, 6.45) is 7.28. The van der Waals surface area contributed by atoms with Crippen molar-refractivity contribution in [1.82, 2.24) is 5.32 Å². The van der Waals surface area contributed by atoms with Crippen LogP contribution >= 0.6 is 0 Å². The second-order valence-corrected chi connectivity index (χ2v) is 6.10. The average molecular weight is 275 g/mol. The first-order chi connectivity index (χ1) is 9.78. The summed E-state index contributed by atoms with van der Waals surface area (Å²) in [5.74, 6) is 0.923. The van der Waals surface area contributed by atoms with E-state index >= 15 is 0 Å². The van der Waals surface area contributed by atoms with Gasteiger partial charge in [-0.2, -0.15) is 0 Å². The smallest absolute Gasteiger partial charge is 0.124 e. The largest absolute Gasteiger partial charge is 0.488 e. The highest BCUT2D eigenvalue weighted by Gasteiger charge is 2.25. The van der Waals surface area contributed by atoms with Crippen LogP contribution in [0.3, 0.4) is 0 Å². The van der Waals surface area contributed by atoms with Gasteiger partial charge in [0.25, 0.3) is 0 Å². The molecular formula is C17H25NO2. The molecule has 2 aliphatic rings. The van der Waals surface area contributed by atoms with Gasteiger partial charge in [-0.1, -0.05) is 18.9 Å². The summed E-state index contributed by atoms with van der Waals surface area (Å²) in [6.45, 7) is 0. The van der Waals surface area contributed by atoms with Gasteiger partial charge in [0, 0.05) is 6.04 Å². The minimum atomic E-state index is -0.309. The molecule has 3 unspecified atom stereocenters. The molecule has 3 nitrogen and oxygen atoms in total. The fourth-order valence-electron chi connectivity index (χ4n) is 3.53. The molecule has 2 aliphatic carbocycles. The van der Waals surface area contributed by atoms with Crippen LogP contribution in [-0.2, 0) is 6.42 Å². The van der Waals surface area contributed by atoms with Crippen molar-refractivity contribution in [3.05, 3.63) is 29.3 Å². The normalized spacial score (nSPS) is 29.8. The van der Waals surface area contributed by atoms with Crippen LogP contribution in [0.2, 0.25) is 0 Å². The van der Waals surface area contributed by atoms with Gasteiger partial charge in [-0.25, -0.2) is 0 Å². The monoisotopic (exact) mass is 275 g/mol. The number of aliphatic hydroxyl groups excluding tert-OH is 1. The molecule has 3 heteroatoms. The van der Waals surface area contributed by atoms with Crippen molar-refractivity contribution >= 4 is 0 Å². The van der Waals surface area contributed by atoms with Gasteiger partial charge in [0.15, 0.2) is 0 Å². The molecule has 2 N–H and O–H groups in total. The zero-order valence-corrected chi connectivity index (χ0v) is 12.3. The van der Waals surface area contributed by atoms with E-state index in [0.717, 1.165) is 37.9 Å². The Morgan fingerprint density at radius 3 is 2.85 bits per heavy atom. The molecule has 0 heterocycles. The molecule has 1 aromatic carbocycles. The minimum absolute atomic E-state index is 0.0305. The number of rotatable bonds is 3. The lowest BCUT2D eigenvalue weighted by Crippen LogP contribution is -2.30. The fraction of sp³-hybridized carbons (Fsp3) is 0.647. The molecule has 0 aliphatic heterocycles. The molecule has 3 atom stereocenters. The van der Waals surface area contributed by atoms with E-state index in [2.05, 4.69) is 23.5 Å². The molecular weight excluding hydrogens is 250 g/mol. The molecule has 1 fully saturated rings. The number of nitrogens with one attached hydrogen (secondary N) is 1.